The minimum Gasteiger partial charge on any atom is -0.382 e. The van der Waals surface area contributed by atoms with Crippen molar-refractivity contribution in [3.63, 3.8) is 0 Å². The molecule has 7 heteroatoms. The van der Waals surface area contributed by atoms with Gasteiger partial charge in [-0.2, -0.15) is 5.26 Å². The number of hydrogen-bond donors (Lipinski definition) is 1. The van der Waals surface area contributed by atoms with Crippen molar-refractivity contribution in [3.8, 4) is 6.07 Å². The van der Waals surface area contributed by atoms with Crippen molar-refractivity contribution in [1.82, 2.24) is 9.88 Å². The highest BCUT2D eigenvalue weighted by Crippen LogP contribution is 2.28. The van der Waals surface area contributed by atoms with Crippen LogP contribution in [0.5, 0.6) is 0 Å². The van der Waals surface area contributed by atoms with Gasteiger partial charge in [0.2, 0.25) is 11.8 Å². The van der Waals surface area contributed by atoms with Gasteiger partial charge in [0.25, 0.3) is 0 Å². The Labute approximate surface area is 137 Å². The lowest BCUT2D eigenvalue weighted by Crippen LogP contribution is -2.33. The van der Waals surface area contributed by atoms with Crippen LogP contribution in [0.4, 0.5) is 10.1 Å². The SMILES string of the molecule is Cc1cc(F)cc2c(NCCN3C(=O)CCC3=O)c(C#N)cnc12. The zero-order valence-electron chi connectivity index (χ0n) is 13.1. The van der Waals surface area contributed by atoms with Crippen LogP contribution in [0.1, 0.15) is 24.0 Å². The van der Waals surface area contributed by atoms with Gasteiger partial charge in [-0.25, -0.2) is 4.39 Å². The maximum atomic E-state index is 13.7. The number of hydrogen-bond acceptors (Lipinski definition) is 5. The molecule has 1 fully saturated rings. The Morgan fingerprint density at radius 2 is 2.04 bits per heavy atom. The molecule has 1 N–H and O–H groups in total. The van der Waals surface area contributed by atoms with E-state index in [9.17, 15) is 19.2 Å². The lowest BCUT2D eigenvalue weighted by Gasteiger charge is -2.16. The minimum absolute atomic E-state index is 0.191. The van der Waals surface area contributed by atoms with Crippen molar-refractivity contribution >= 4 is 28.4 Å². The lowest BCUT2D eigenvalue weighted by molar-refractivity contribution is -0.138. The second-order valence-corrected chi connectivity index (χ2v) is 5.64. The lowest BCUT2D eigenvalue weighted by atomic mass is 10.1. The number of nitrogens with one attached hydrogen (secondary N) is 1. The number of aryl methyl sites for hydroxylation is 1. The number of imide groups is 1. The number of halogens is 1. The summed E-state index contributed by atoms with van der Waals surface area (Å²) in [5.74, 6) is -0.794. The molecule has 0 bridgehead atoms. The number of carbonyl (C=O) groups is 2. The minimum atomic E-state index is -0.412. The van der Waals surface area contributed by atoms with Crippen molar-refractivity contribution in [1.29, 1.82) is 5.26 Å². The van der Waals surface area contributed by atoms with E-state index in [-0.39, 0.29) is 43.3 Å². The van der Waals surface area contributed by atoms with Gasteiger partial charge in [0.05, 0.1) is 16.8 Å². The number of pyridine rings is 1. The van der Waals surface area contributed by atoms with Crippen LogP contribution in [0, 0.1) is 24.1 Å². The van der Waals surface area contributed by atoms with E-state index in [1.807, 2.05) is 6.07 Å². The zero-order valence-corrected chi connectivity index (χ0v) is 13.1. The van der Waals surface area contributed by atoms with Gasteiger partial charge in [-0.1, -0.05) is 0 Å². The largest absolute Gasteiger partial charge is 0.382 e. The third kappa shape index (κ3) is 2.78. The van der Waals surface area contributed by atoms with E-state index in [4.69, 9.17) is 0 Å². The monoisotopic (exact) mass is 326 g/mol. The zero-order chi connectivity index (χ0) is 17.3. The van der Waals surface area contributed by atoms with Gasteiger partial charge < -0.3 is 5.32 Å². The third-order valence-corrected chi connectivity index (χ3v) is 4.04. The first-order valence-corrected chi connectivity index (χ1v) is 7.57. The molecule has 1 aromatic carbocycles. The van der Waals surface area contributed by atoms with Crippen LogP contribution in [-0.4, -0.2) is 34.8 Å². The first-order valence-electron chi connectivity index (χ1n) is 7.57. The highest BCUT2D eigenvalue weighted by Gasteiger charge is 2.28. The normalized spacial score (nSPS) is 14.3. The molecule has 0 saturated carbocycles. The average Bonchev–Trinajstić information content (AvgIpc) is 2.86. The summed E-state index contributed by atoms with van der Waals surface area (Å²) in [6, 6.07) is 4.73. The molecule has 2 amide bonds. The van der Waals surface area contributed by atoms with Crippen LogP contribution in [0.3, 0.4) is 0 Å². The molecular weight excluding hydrogens is 311 g/mol. The van der Waals surface area contributed by atoms with E-state index in [1.54, 1.807) is 6.92 Å². The van der Waals surface area contributed by atoms with E-state index >= 15 is 0 Å². The van der Waals surface area contributed by atoms with Gasteiger partial charge in [-0.3, -0.25) is 19.5 Å². The quantitative estimate of drug-likeness (QED) is 0.870. The topological polar surface area (TPSA) is 86.1 Å². The van der Waals surface area contributed by atoms with E-state index in [1.165, 1.54) is 23.2 Å². The number of rotatable bonds is 4. The van der Waals surface area contributed by atoms with Crippen LogP contribution < -0.4 is 5.32 Å². The van der Waals surface area contributed by atoms with Gasteiger partial charge in [0.15, 0.2) is 0 Å². The number of nitrogens with zero attached hydrogens (tertiary/aromatic N) is 3. The number of benzene rings is 1. The third-order valence-electron chi connectivity index (χ3n) is 4.04. The predicted molar refractivity (Wildman–Crippen MR) is 85.6 cm³/mol. The Morgan fingerprint density at radius 1 is 1.33 bits per heavy atom. The van der Waals surface area contributed by atoms with Crippen molar-refractivity contribution in [2.75, 3.05) is 18.4 Å². The molecule has 1 aliphatic heterocycles. The van der Waals surface area contributed by atoms with Crippen molar-refractivity contribution in [2.24, 2.45) is 0 Å². The second-order valence-electron chi connectivity index (χ2n) is 5.64. The molecular formula is C17H15FN4O2. The fourth-order valence-electron chi connectivity index (χ4n) is 2.88. The fourth-order valence-corrected chi connectivity index (χ4v) is 2.88. The number of likely N-dealkylation sites (tertiary alicyclic amines) is 1. The average molecular weight is 326 g/mol. The number of anilines is 1. The van der Waals surface area contributed by atoms with Crippen LogP contribution in [0.15, 0.2) is 18.3 Å². The fraction of sp³-hybridized carbons (Fsp3) is 0.294. The smallest absolute Gasteiger partial charge is 0.229 e. The summed E-state index contributed by atoms with van der Waals surface area (Å²) in [5, 5.41) is 12.8. The second kappa shape index (κ2) is 6.24. The number of fused-ring (bicyclic) bond motifs is 1. The Bertz CT molecular complexity index is 872. The molecule has 1 aliphatic rings. The Morgan fingerprint density at radius 3 is 2.71 bits per heavy atom. The van der Waals surface area contributed by atoms with Gasteiger partial charge >= 0.3 is 0 Å². The molecule has 122 valence electrons. The highest BCUT2D eigenvalue weighted by atomic mass is 19.1. The van der Waals surface area contributed by atoms with E-state index < -0.39 is 5.82 Å². The standard InChI is InChI=1S/C17H15FN4O2/c1-10-6-12(18)7-13-16(10)21-9-11(8-19)17(13)20-4-5-22-14(23)2-3-15(22)24/h6-7,9H,2-5H2,1H3,(H,20,21). The maximum absolute atomic E-state index is 13.7. The van der Waals surface area contributed by atoms with Gasteiger partial charge in [-0.05, 0) is 24.6 Å². The van der Waals surface area contributed by atoms with Gasteiger partial charge in [-0.15, -0.1) is 0 Å². The molecule has 3 rings (SSSR count). The maximum Gasteiger partial charge on any atom is 0.229 e. The van der Waals surface area contributed by atoms with Crippen molar-refractivity contribution in [2.45, 2.75) is 19.8 Å². The Kier molecular flexibility index (Phi) is 4.13. The predicted octanol–water partition coefficient (Wildman–Crippen LogP) is 2.11. The Balaban J connectivity index is 1.89. The summed E-state index contributed by atoms with van der Waals surface area (Å²) in [6.07, 6.45) is 1.91. The highest BCUT2D eigenvalue weighted by molar-refractivity contribution is 6.02. The first-order chi connectivity index (χ1) is 11.5. The van der Waals surface area contributed by atoms with Gasteiger partial charge in [0, 0.05) is 37.5 Å². The first kappa shape index (κ1) is 15.9. The van der Waals surface area contributed by atoms with Crippen molar-refractivity contribution in [3.05, 3.63) is 35.3 Å². The number of nitriles is 1. The van der Waals surface area contributed by atoms with E-state index in [0.717, 1.165) is 0 Å². The van der Waals surface area contributed by atoms with E-state index in [2.05, 4.69) is 10.3 Å². The molecule has 0 radical (unpaired) electrons. The molecule has 0 aliphatic carbocycles. The molecule has 2 heterocycles. The summed E-state index contributed by atoms with van der Waals surface area (Å²) < 4.78 is 13.7. The molecule has 1 aromatic heterocycles. The molecule has 6 nitrogen and oxygen atoms in total. The molecule has 2 aromatic rings. The summed E-state index contributed by atoms with van der Waals surface area (Å²) >= 11 is 0. The molecule has 0 unspecified atom stereocenters. The number of amides is 2. The summed E-state index contributed by atoms with van der Waals surface area (Å²) in [4.78, 5) is 28.7. The molecule has 0 atom stereocenters. The van der Waals surface area contributed by atoms with Crippen LogP contribution in [0.25, 0.3) is 10.9 Å². The van der Waals surface area contributed by atoms with Crippen LogP contribution in [-0.2, 0) is 9.59 Å². The summed E-state index contributed by atoms with van der Waals surface area (Å²) in [5.41, 5.74) is 2.02. The van der Waals surface area contributed by atoms with Crippen molar-refractivity contribution < 1.29 is 14.0 Å². The number of carbonyl (C=O) groups excluding carboxylic acids is 2. The number of aromatic nitrogens is 1. The van der Waals surface area contributed by atoms with E-state index in [0.29, 0.717) is 22.2 Å². The van der Waals surface area contributed by atoms with Crippen LogP contribution in [0.2, 0.25) is 0 Å². The van der Waals surface area contributed by atoms with Gasteiger partial charge in [0.1, 0.15) is 11.9 Å². The molecule has 1 saturated heterocycles. The van der Waals surface area contributed by atoms with Crippen LogP contribution >= 0.6 is 0 Å². The molecule has 24 heavy (non-hydrogen) atoms. The summed E-state index contributed by atoms with van der Waals surface area (Å²) in [7, 11) is 0. The molecule has 0 spiro atoms. The Hall–Kier alpha value is -3.01. The summed E-state index contributed by atoms with van der Waals surface area (Å²) in [6.45, 7) is 2.23.